The van der Waals surface area contributed by atoms with Gasteiger partial charge in [-0.05, 0) is 18.8 Å². The second-order valence-corrected chi connectivity index (χ2v) is 3.53. The highest BCUT2D eigenvalue weighted by Crippen LogP contribution is 2.24. The van der Waals surface area contributed by atoms with E-state index >= 15 is 0 Å². The SMILES string of the molecule is NCC(O)C(=O)OCC1CCCC1. The summed E-state index contributed by atoms with van der Waals surface area (Å²) in [4.78, 5) is 11.0. The zero-order chi connectivity index (χ0) is 9.68. The molecule has 0 aromatic carbocycles. The third-order valence-corrected chi connectivity index (χ3v) is 2.43. The molecular formula is C9H17NO3. The first-order valence-electron chi connectivity index (χ1n) is 4.79. The second-order valence-electron chi connectivity index (χ2n) is 3.53. The molecule has 1 fully saturated rings. The quantitative estimate of drug-likeness (QED) is 0.609. The smallest absolute Gasteiger partial charge is 0.336 e. The van der Waals surface area contributed by atoms with E-state index in [9.17, 15) is 4.79 Å². The fourth-order valence-corrected chi connectivity index (χ4v) is 1.57. The van der Waals surface area contributed by atoms with Crippen LogP contribution in [-0.2, 0) is 9.53 Å². The van der Waals surface area contributed by atoms with Gasteiger partial charge in [-0.25, -0.2) is 4.79 Å². The highest BCUT2D eigenvalue weighted by atomic mass is 16.5. The van der Waals surface area contributed by atoms with E-state index in [2.05, 4.69) is 0 Å². The van der Waals surface area contributed by atoms with Gasteiger partial charge in [-0.1, -0.05) is 12.8 Å². The first kappa shape index (κ1) is 10.5. The van der Waals surface area contributed by atoms with Crippen molar-refractivity contribution < 1.29 is 14.6 Å². The predicted octanol–water partition coefficient (Wildman–Crippen LogP) is 0.0394. The molecule has 13 heavy (non-hydrogen) atoms. The second kappa shape index (κ2) is 5.19. The highest BCUT2D eigenvalue weighted by molar-refractivity contribution is 5.74. The number of ether oxygens (including phenoxy) is 1. The number of carbonyl (C=O) groups is 1. The molecule has 1 unspecified atom stereocenters. The Bertz CT molecular complexity index is 166. The Morgan fingerprint density at radius 1 is 1.54 bits per heavy atom. The van der Waals surface area contributed by atoms with Crippen LogP contribution in [0.3, 0.4) is 0 Å². The van der Waals surface area contributed by atoms with E-state index < -0.39 is 12.1 Å². The largest absolute Gasteiger partial charge is 0.463 e. The lowest BCUT2D eigenvalue weighted by Crippen LogP contribution is -2.31. The molecule has 0 heterocycles. The molecule has 0 aliphatic heterocycles. The number of rotatable bonds is 4. The molecule has 4 heteroatoms. The van der Waals surface area contributed by atoms with Gasteiger partial charge in [0.25, 0.3) is 0 Å². The summed E-state index contributed by atoms with van der Waals surface area (Å²) in [5.74, 6) is -0.0941. The molecule has 0 amide bonds. The number of hydrogen-bond donors (Lipinski definition) is 2. The molecular weight excluding hydrogens is 170 g/mol. The van der Waals surface area contributed by atoms with Crippen molar-refractivity contribution in [1.29, 1.82) is 0 Å². The van der Waals surface area contributed by atoms with Crippen LogP contribution >= 0.6 is 0 Å². The summed E-state index contributed by atoms with van der Waals surface area (Å²) in [6.45, 7) is 0.374. The van der Waals surface area contributed by atoms with Crippen LogP contribution in [0.5, 0.6) is 0 Å². The maximum Gasteiger partial charge on any atom is 0.336 e. The summed E-state index contributed by atoms with van der Waals surface area (Å²) >= 11 is 0. The number of hydrogen-bond acceptors (Lipinski definition) is 4. The third-order valence-electron chi connectivity index (χ3n) is 2.43. The van der Waals surface area contributed by atoms with E-state index in [0.29, 0.717) is 12.5 Å². The minimum absolute atomic E-state index is 0.0660. The summed E-state index contributed by atoms with van der Waals surface area (Å²) in [7, 11) is 0. The topological polar surface area (TPSA) is 72.5 Å². The Morgan fingerprint density at radius 3 is 2.69 bits per heavy atom. The van der Waals surface area contributed by atoms with Crippen LogP contribution in [0.25, 0.3) is 0 Å². The van der Waals surface area contributed by atoms with Gasteiger partial charge in [0.15, 0.2) is 6.10 Å². The van der Waals surface area contributed by atoms with Crippen LogP contribution in [0.15, 0.2) is 0 Å². The Morgan fingerprint density at radius 2 is 2.15 bits per heavy atom. The zero-order valence-electron chi connectivity index (χ0n) is 7.74. The molecule has 0 bridgehead atoms. The summed E-state index contributed by atoms with van der Waals surface area (Å²) in [6, 6.07) is 0. The summed E-state index contributed by atoms with van der Waals surface area (Å²) in [5.41, 5.74) is 5.11. The van der Waals surface area contributed by atoms with Gasteiger partial charge in [-0.15, -0.1) is 0 Å². The van der Waals surface area contributed by atoms with Crippen molar-refractivity contribution in [2.45, 2.75) is 31.8 Å². The standard InChI is InChI=1S/C9H17NO3/c10-5-8(11)9(12)13-6-7-3-1-2-4-7/h7-8,11H,1-6,10H2. The Hall–Kier alpha value is -0.610. The molecule has 1 atom stereocenters. The number of carbonyl (C=O) groups excluding carboxylic acids is 1. The molecule has 0 spiro atoms. The normalized spacial score (nSPS) is 20.2. The van der Waals surface area contributed by atoms with Gasteiger partial charge in [0.1, 0.15) is 0 Å². The molecule has 4 nitrogen and oxygen atoms in total. The zero-order valence-corrected chi connectivity index (χ0v) is 7.74. The van der Waals surface area contributed by atoms with Gasteiger partial charge < -0.3 is 15.6 Å². The van der Waals surface area contributed by atoms with Crippen molar-refractivity contribution in [3.05, 3.63) is 0 Å². The molecule has 1 aliphatic carbocycles. The van der Waals surface area contributed by atoms with E-state index in [-0.39, 0.29) is 6.54 Å². The van der Waals surface area contributed by atoms with Crippen molar-refractivity contribution >= 4 is 5.97 Å². The van der Waals surface area contributed by atoms with Gasteiger partial charge in [-0.3, -0.25) is 0 Å². The van der Waals surface area contributed by atoms with Crippen molar-refractivity contribution in [3.8, 4) is 0 Å². The Kier molecular flexibility index (Phi) is 4.18. The molecule has 0 aromatic heterocycles. The fraction of sp³-hybridized carbons (Fsp3) is 0.889. The first-order valence-corrected chi connectivity index (χ1v) is 4.79. The molecule has 3 N–H and O–H groups in total. The van der Waals surface area contributed by atoms with Crippen LogP contribution in [0.1, 0.15) is 25.7 Å². The summed E-state index contributed by atoms with van der Waals surface area (Å²) in [5, 5.41) is 9.00. The van der Waals surface area contributed by atoms with E-state index in [4.69, 9.17) is 15.6 Å². The van der Waals surface area contributed by atoms with Gasteiger partial charge >= 0.3 is 5.97 Å². The Labute approximate surface area is 78.1 Å². The van der Waals surface area contributed by atoms with E-state index in [1.165, 1.54) is 12.8 Å². The van der Waals surface area contributed by atoms with Crippen LogP contribution in [0.4, 0.5) is 0 Å². The van der Waals surface area contributed by atoms with Crippen molar-refractivity contribution in [3.63, 3.8) is 0 Å². The first-order chi connectivity index (χ1) is 6.24. The van der Waals surface area contributed by atoms with Crippen LogP contribution in [0.2, 0.25) is 0 Å². The van der Waals surface area contributed by atoms with Gasteiger partial charge in [0.2, 0.25) is 0 Å². The molecule has 0 radical (unpaired) electrons. The van der Waals surface area contributed by atoms with Crippen molar-refractivity contribution in [2.75, 3.05) is 13.2 Å². The maximum absolute atomic E-state index is 11.0. The van der Waals surface area contributed by atoms with Crippen molar-refractivity contribution in [1.82, 2.24) is 0 Å². The monoisotopic (exact) mass is 187 g/mol. The number of esters is 1. The highest BCUT2D eigenvalue weighted by Gasteiger charge is 2.19. The lowest BCUT2D eigenvalue weighted by atomic mass is 10.1. The van der Waals surface area contributed by atoms with E-state index in [1.54, 1.807) is 0 Å². The van der Waals surface area contributed by atoms with Gasteiger partial charge in [-0.2, -0.15) is 0 Å². The average molecular weight is 187 g/mol. The number of aliphatic hydroxyl groups is 1. The van der Waals surface area contributed by atoms with Crippen LogP contribution in [-0.4, -0.2) is 30.3 Å². The summed E-state index contributed by atoms with van der Waals surface area (Å²) in [6.07, 6.45) is 3.56. The molecule has 1 saturated carbocycles. The molecule has 0 aromatic rings. The minimum atomic E-state index is -1.15. The molecule has 1 aliphatic rings. The number of aliphatic hydroxyl groups excluding tert-OH is 1. The fourth-order valence-electron chi connectivity index (χ4n) is 1.57. The van der Waals surface area contributed by atoms with Gasteiger partial charge in [0.05, 0.1) is 6.61 Å². The van der Waals surface area contributed by atoms with Crippen LogP contribution in [0, 0.1) is 5.92 Å². The van der Waals surface area contributed by atoms with Crippen molar-refractivity contribution in [2.24, 2.45) is 11.7 Å². The average Bonchev–Trinajstić information content (AvgIpc) is 2.65. The maximum atomic E-state index is 11.0. The van der Waals surface area contributed by atoms with E-state index in [0.717, 1.165) is 12.8 Å². The lowest BCUT2D eigenvalue weighted by Gasteiger charge is -2.12. The van der Waals surface area contributed by atoms with Crippen LogP contribution < -0.4 is 5.73 Å². The number of nitrogens with two attached hydrogens (primary N) is 1. The predicted molar refractivity (Wildman–Crippen MR) is 48.0 cm³/mol. The third kappa shape index (κ3) is 3.32. The minimum Gasteiger partial charge on any atom is -0.463 e. The molecule has 76 valence electrons. The lowest BCUT2D eigenvalue weighted by molar-refractivity contribution is -0.154. The molecule has 1 rings (SSSR count). The Balaban J connectivity index is 2.13. The summed E-state index contributed by atoms with van der Waals surface area (Å²) < 4.78 is 4.91. The van der Waals surface area contributed by atoms with E-state index in [1.807, 2.05) is 0 Å². The van der Waals surface area contributed by atoms with Gasteiger partial charge in [0, 0.05) is 6.54 Å². The molecule has 0 saturated heterocycles.